The first-order chi connectivity index (χ1) is 15.6. The first-order valence-corrected chi connectivity index (χ1v) is 12.4. The maximum Gasteiger partial charge on any atom is 0.257 e. The van der Waals surface area contributed by atoms with Gasteiger partial charge >= 0.3 is 0 Å². The van der Waals surface area contributed by atoms with Crippen LogP contribution in [0.4, 0.5) is 5.13 Å². The van der Waals surface area contributed by atoms with Gasteiger partial charge in [0.2, 0.25) is 11.8 Å². The third-order valence-electron chi connectivity index (χ3n) is 6.26. The highest BCUT2D eigenvalue weighted by molar-refractivity contribution is 7.14. The summed E-state index contributed by atoms with van der Waals surface area (Å²) in [4.78, 5) is 46.1. The minimum absolute atomic E-state index is 0.0249. The van der Waals surface area contributed by atoms with Gasteiger partial charge in [0.1, 0.15) is 0 Å². The van der Waals surface area contributed by atoms with Gasteiger partial charge < -0.3 is 9.80 Å². The van der Waals surface area contributed by atoms with E-state index in [-0.39, 0.29) is 30.1 Å². The molecule has 2 aliphatic heterocycles. The minimum atomic E-state index is -0.214. The molecule has 1 aromatic carbocycles. The van der Waals surface area contributed by atoms with Crippen molar-refractivity contribution in [2.45, 2.75) is 44.9 Å². The number of nitrogens with one attached hydrogen (secondary N) is 1. The maximum absolute atomic E-state index is 12.8. The van der Waals surface area contributed by atoms with Gasteiger partial charge in [0, 0.05) is 43.0 Å². The van der Waals surface area contributed by atoms with Crippen molar-refractivity contribution >= 4 is 34.2 Å². The van der Waals surface area contributed by atoms with Crippen LogP contribution in [-0.4, -0.2) is 58.7 Å². The van der Waals surface area contributed by atoms with Crippen LogP contribution in [0.5, 0.6) is 0 Å². The Morgan fingerprint density at radius 2 is 1.62 bits per heavy atom. The normalized spacial score (nSPS) is 17.6. The molecule has 0 radical (unpaired) electrons. The molecule has 1 aromatic heterocycles. The van der Waals surface area contributed by atoms with Crippen LogP contribution < -0.4 is 5.32 Å². The monoisotopic (exact) mass is 454 g/mol. The number of likely N-dealkylation sites (tertiary alicyclic amines) is 2. The number of hydrogen-bond acceptors (Lipinski definition) is 5. The van der Waals surface area contributed by atoms with E-state index in [0.29, 0.717) is 29.5 Å². The molecule has 2 saturated heterocycles. The van der Waals surface area contributed by atoms with Crippen molar-refractivity contribution in [1.29, 1.82) is 0 Å². The van der Waals surface area contributed by atoms with Crippen LogP contribution in [0.25, 0.3) is 0 Å². The predicted octanol–water partition coefficient (Wildman–Crippen LogP) is 3.58. The summed E-state index contributed by atoms with van der Waals surface area (Å²) in [6.07, 6.45) is 6.31. The van der Waals surface area contributed by atoms with Crippen LogP contribution in [0.2, 0.25) is 0 Å². The summed E-state index contributed by atoms with van der Waals surface area (Å²) in [5.41, 5.74) is 1.23. The van der Waals surface area contributed by atoms with Gasteiger partial charge in [-0.3, -0.25) is 19.7 Å². The number of thiazole rings is 1. The van der Waals surface area contributed by atoms with Gasteiger partial charge in [-0.1, -0.05) is 31.0 Å². The highest BCUT2D eigenvalue weighted by Crippen LogP contribution is 2.23. The number of hydrogen-bond donors (Lipinski definition) is 1. The molecule has 0 spiro atoms. The second-order valence-electron chi connectivity index (χ2n) is 8.54. The second kappa shape index (κ2) is 10.7. The number of carbonyl (C=O) groups is 3. The molecule has 32 heavy (non-hydrogen) atoms. The predicted molar refractivity (Wildman–Crippen MR) is 125 cm³/mol. The maximum atomic E-state index is 12.8. The van der Waals surface area contributed by atoms with Crippen molar-refractivity contribution in [3.63, 3.8) is 0 Å². The van der Waals surface area contributed by atoms with Crippen LogP contribution in [0, 0.1) is 5.92 Å². The van der Waals surface area contributed by atoms with Crippen molar-refractivity contribution in [2.24, 2.45) is 5.92 Å². The Balaban J connectivity index is 1.24. The van der Waals surface area contributed by atoms with E-state index in [0.717, 1.165) is 38.8 Å². The zero-order valence-corrected chi connectivity index (χ0v) is 19.1. The number of carbonyl (C=O) groups excluding carboxylic acids is 3. The summed E-state index contributed by atoms with van der Waals surface area (Å²) in [7, 11) is 0. The lowest BCUT2D eigenvalue weighted by Crippen LogP contribution is -2.45. The Kier molecular flexibility index (Phi) is 7.52. The molecular weight excluding hydrogens is 424 g/mol. The van der Waals surface area contributed by atoms with Gasteiger partial charge in [0.25, 0.3) is 5.91 Å². The largest absolute Gasteiger partial charge is 0.342 e. The minimum Gasteiger partial charge on any atom is -0.342 e. The first-order valence-electron chi connectivity index (χ1n) is 11.5. The van der Waals surface area contributed by atoms with Crippen LogP contribution in [0.3, 0.4) is 0 Å². The lowest BCUT2D eigenvalue weighted by atomic mass is 9.95. The van der Waals surface area contributed by atoms with E-state index in [4.69, 9.17) is 0 Å². The molecule has 7 nitrogen and oxygen atoms in total. The van der Waals surface area contributed by atoms with Crippen molar-refractivity contribution in [3.8, 4) is 0 Å². The number of piperidine rings is 1. The molecule has 0 saturated carbocycles. The van der Waals surface area contributed by atoms with E-state index >= 15 is 0 Å². The van der Waals surface area contributed by atoms with Gasteiger partial charge in [-0.2, -0.15) is 0 Å². The van der Waals surface area contributed by atoms with Crippen LogP contribution in [0.15, 0.2) is 35.7 Å². The summed E-state index contributed by atoms with van der Waals surface area (Å²) in [5.74, 6) is 0.124. The Morgan fingerprint density at radius 1 is 0.938 bits per heavy atom. The fraction of sp³-hybridized carbons (Fsp3) is 0.500. The standard InChI is InChI=1S/C24H30N4O3S/c29-21(16-20-17-32-24(25-20)26-22(30)18-8-4-3-5-9-18)27-14-10-19(11-15-27)23(31)28-12-6-1-2-7-13-28/h3-5,8-9,17,19H,1-2,6-7,10-16H2,(H,25,26,30). The SMILES string of the molecule is O=C(Nc1nc(CC(=O)N2CCC(C(=O)N3CCCCCC3)CC2)cs1)c1ccccc1. The summed E-state index contributed by atoms with van der Waals surface area (Å²) >= 11 is 1.32. The summed E-state index contributed by atoms with van der Waals surface area (Å²) < 4.78 is 0. The Labute approximate surface area is 192 Å². The van der Waals surface area contributed by atoms with Gasteiger partial charge in [0.15, 0.2) is 5.13 Å². The van der Waals surface area contributed by atoms with Gasteiger partial charge in [0.05, 0.1) is 12.1 Å². The topological polar surface area (TPSA) is 82.6 Å². The van der Waals surface area contributed by atoms with Crippen molar-refractivity contribution in [3.05, 3.63) is 47.0 Å². The number of nitrogens with zero attached hydrogens (tertiary/aromatic N) is 3. The first kappa shape index (κ1) is 22.5. The van der Waals surface area contributed by atoms with E-state index in [1.165, 1.54) is 24.2 Å². The molecule has 3 heterocycles. The average Bonchev–Trinajstić information content (AvgIpc) is 3.08. The average molecular weight is 455 g/mol. The number of rotatable bonds is 5. The number of aromatic nitrogens is 1. The van der Waals surface area contributed by atoms with Crippen LogP contribution in [0.1, 0.15) is 54.6 Å². The van der Waals surface area contributed by atoms with E-state index in [1.54, 1.807) is 12.1 Å². The highest BCUT2D eigenvalue weighted by atomic mass is 32.1. The molecule has 0 aliphatic carbocycles. The van der Waals surface area contributed by atoms with Crippen LogP contribution in [-0.2, 0) is 16.0 Å². The molecule has 4 rings (SSSR count). The van der Waals surface area contributed by atoms with E-state index < -0.39 is 0 Å². The van der Waals surface area contributed by atoms with Gasteiger partial charge in [-0.15, -0.1) is 11.3 Å². The molecule has 0 atom stereocenters. The number of amides is 3. The lowest BCUT2D eigenvalue weighted by Gasteiger charge is -2.34. The van der Waals surface area contributed by atoms with Gasteiger partial charge in [-0.25, -0.2) is 4.98 Å². The summed E-state index contributed by atoms with van der Waals surface area (Å²) in [6.45, 7) is 2.99. The Hall–Kier alpha value is -2.74. The lowest BCUT2D eigenvalue weighted by molar-refractivity contribution is -0.140. The fourth-order valence-electron chi connectivity index (χ4n) is 4.40. The summed E-state index contributed by atoms with van der Waals surface area (Å²) in [6, 6.07) is 8.97. The van der Waals surface area contributed by atoms with Crippen molar-refractivity contribution in [1.82, 2.24) is 14.8 Å². The molecule has 0 bridgehead atoms. The van der Waals surface area contributed by atoms with Crippen molar-refractivity contribution in [2.75, 3.05) is 31.5 Å². The fourth-order valence-corrected chi connectivity index (χ4v) is 5.10. The molecular formula is C24H30N4O3S. The molecule has 1 N–H and O–H groups in total. The molecule has 2 aromatic rings. The third kappa shape index (κ3) is 5.73. The molecule has 2 fully saturated rings. The van der Waals surface area contributed by atoms with Crippen molar-refractivity contribution < 1.29 is 14.4 Å². The molecule has 8 heteroatoms. The third-order valence-corrected chi connectivity index (χ3v) is 7.06. The Bertz CT molecular complexity index is 930. The smallest absolute Gasteiger partial charge is 0.257 e. The number of benzene rings is 1. The Morgan fingerprint density at radius 3 is 2.31 bits per heavy atom. The zero-order valence-electron chi connectivity index (χ0n) is 18.3. The molecule has 0 unspecified atom stereocenters. The highest BCUT2D eigenvalue weighted by Gasteiger charge is 2.30. The van der Waals surface area contributed by atoms with Crippen LogP contribution >= 0.6 is 11.3 Å². The molecule has 2 aliphatic rings. The van der Waals surface area contributed by atoms with E-state index in [9.17, 15) is 14.4 Å². The second-order valence-corrected chi connectivity index (χ2v) is 9.39. The van der Waals surface area contributed by atoms with Gasteiger partial charge in [-0.05, 0) is 37.8 Å². The quantitative estimate of drug-likeness (QED) is 0.749. The van der Waals surface area contributed by atoms with E-state index in [1.807, 2.05) is 33.4 Å². The molecule has 170 valence electrons. The van der Waals surface area contributed by atoms with E-state index in [2.05, 4.69) is 10.3 Å². The molecule has 3 amide bonds. The summed E-state index contributed by atoms with van der Waals surface area (Å²) in [5, 5.41) is 5.09. The number of anilines is 1. The zero-order chi connectivity index (χ0) is 22.3.